The van der Waals surface area contributed by atoms with Crippen molar-refractivity contribution in [3.05, 3.63) is 331 Å². The number of aliphatic hydroxyl groups is 3. The van der Waals surface area contributed by atoms with E-state index in [0.717, 1.165) is 85.0 Å². The lowest BCUT2D eigenvalue weighted by atomic mass is 10.1. The first-order chi connectivity index (χ1) is 67.8. The zero-order valence-corrected chi connectivity index (χ0v) is 97.6. The van der Waals surface area contributed by atoms with Crippen molar-refractivity contribution in [3.63, 3.8) is 0 Å². The lowest BCUT2D eigenvalue weighted by molar-refractivity contribution is 0.281. The molecule has 0 atom stereocenters. The van der Waals surface area contributed by atoms with Crippen LogP contribution in [0.1, 0.15) is 277 Å². The van der Waals surface area contributed by atoms with Gasteiger partial charge >= 0.3 is 0 Å². The summed E-state index contributed by atoms with van der Waals surface area (Å²) in [6.07, 6.45) is 2.08. The van der Waals surface area contributed by atoms with Crippen LogP contribution in [0.15, 0.2) is 308 Å². The van der Waals surface area contributed by atoms with Gasteiger partial charge in [-0.15, -0.1) is 11.8 Å². The summed E-state index contributed by atoms with van der Waals surface area (Å²) in [6.45, 7) is 76.3. The SMILES string of the molecule is CC.CC.CC.CC.CC.CC.CC.CC.CC.CC.CC.CC.CC.CC.CC.CC.CC.CC.COc1ccc(C)cc1.COc1ccc(CO)cc1.COc1ccc2ccc(CO)cc2c1.COc1ccc2ccccc2c1.COc1cccc(CO)c1.COc1cccc2ccccc12.COc1ccccc1.COc1ccccc1C.COc1ccccc1OC.CSc1ccccc1. The Labute approximate surface area is 855 Å². The molecule has 0 aliphatic rings. The van der Waals surface area contributed by atoms with E-state index in [4.69, 9.17) is 62.7 Å². The summed E-state index contributed by atoms with van der Waals surface area (Å²) in [5.41, 5.74) is 5.14. The highest BCUT2D eigenvalue weighted by atomic mass is 32.2. The lowest BCUT2D eigenvalue weighted by Crippen LogP contribution is -1.88. The minimum Gasteiger partial charge on any atom is -0.497 e. The molecular weight excluding hydrogens is 1730 g/mol. The number of aryl methyl sites for hydroxylation is 2. The molecule has 13 aromatic rings. The van der Waals surface area contributed by atoms with Gasteiger partial charge in [0.1, 0.15) is 46.0 Å². The van der Waals surface area contributed by atoms with Gasteiger partial charge in [-0.2, -0.15) is 0 Å². The average molecular weight is 1940 g/mol. The standard InChI is InChI=1S/C12H12O2.2C11H10O.3C8H10O2.2C8H10O.C7H8O.C7H8S.18C2H6/c1-14-12-5-4-10-3-2-9(8-13)6-11(10)7-12;1-12-11-8-4-6-9-5-2-3-7-10(9)11;1-12-11-7-6-9-4-2-3-5-10(9)8-11;1-9-7-5-3-4-6-8(7)10-2;1-10-8-4-2-7(6-9)3-5-8;1-10-8-4-2-3-7(5-8)6-9;1-7-3-5-8(9-2)6-4-7;1-7-5-3-4-6-8(7)9-2;2*1-8-7-5-3-2-4-6-7;18*1-2/h2-7,13H,8H2,1H3;2*2-8H,1H3;3-6H,1-2H3;2*2-5,9H,6H2,1H3;2*3-6H,1-2H3;2*2-6H,1H3;18*1-2H3. The average Bonchev–Trinajstić information content (AvgIpc) is 0.844. The molecule has 13 rings (SSSR count). The number of rotatable bonds is 14. The van der Waals surface area contributed by atoms with Crippen LogP contribution in [-0.4, -0.2) is 92.7 Å². The van der Waals surface area contributed by atoms with Crippen LogP contribution in [0, 0.1) is 13.8 Å². The van der Waals surface area contributed by atoms with Crippen molar-refractivity contribution in [1.82, 2.24) is 0 Å². The number of thioether (sulfide) groups is 1. The van der Waals surface area contributed by atoms with Gasteiger partial charge in [0.25, 0.3) is 0 Å². The number of ether oxygens (including phenoxy) is 10. The number of benzene rings is 13. The van der Waals surface area contributed by atoms with E-state index >= 15 is 0 Å². The van der Waals surface area contributed by atoms with Crippen molar-refractivity contribution in [3.8, 4) is 57.5 Å². The number of para-hydroxylation sites is 4. The van der Waals surface area contributed by atoms with Crippen molar-refractivity contribution >= 4 is 44.1 Å². The summed E-state index contributed by atoms with van der Waals surface area (Å²) in [5.74, 6) is 8.61. The highest BCUT2D eigenvalue weighted by Crippen LogP contribution is 2.27. The van der Waals surface area contributed by atoms with Gasteiger partial charge in [-0.05, 0) is 185 Å². The minimum atomic E-state index is 0.0667. The smallest absolute Gasteiger partial charge is 0.160 e. The van der Waals surface area contributed by atoms with Gasteiger partial charge in [0.2, 0.25) is 0 Å². The molecule has 0 amide bonds. The Morgan fingerprint density at radius 3 is 0.804 bits per heavy atom. The maximum Gasteiger partial charge on any atom is 0.160 e. The second kappa shape index (κ2) is 139. The first-order valence-corrected chi connectivity index (χ1v) is 51.8. The van der Waals surface area contributed by atoms with Crippen molar-refractivity contribution in [2.45, 2.75) is 288 Å². The Balaban J connectivity index is -0.0000000905. The van der Waals surface area contributed by atoms with Crippen molar-refractivity contribution in [1.29, 1.82) is 0 Å². The zero-order valence-electron chi connectivity index (χ0n) is 96.8. The van der Waals surface area contributed by atoms with Crippen molar-refractivity contribution < 1.29 is 62.7 Å². The van der Waals surface area contributed by atoms with E-state index in [0.29, 0.717) is 0 Å². The molecule has 786 valence electrons. The Kier molecular flexibility index (Phi) is 162. The summed E-state index contributed by atoms with van der Waals surface area (Å²) in [6, 6.07) is 98.5. The van der Waals surface area contributed by atoms with Gasteiger partial charge in [-0.1, -0.05) is 443 Å². The maximum atomic E-state index is 8.99. The van der Waals surface area contributed by atoms with Crippen LogP contribution in [0.2, 0.25) is 0 Å². The number of hydrogen-bond acceptors (Lipinski definition) is 14. The van der Waals surface area contributed by atoms with Crippen LogP contribution in [0.3, 0.4) is 0 Å². The van der Waals surface area contributed by atoms with E-state index in [-0.39, 0.29) is 19.8 Å². The van der Waals surface area contributed by atoms with Crippen LogP contribution in [0.25, 0.3) is 32.3 Å². The summed E-state index contributed by atoms with van der Waals surface area (Å²) < 4.78 is 50.3. The highest BCUT2D eigenvalue weighted by Gasteiger charge is 2.02. The van der Waals surface area contributed by atoms with Crippen LogP contribution in [0.4, 0.5) is 0 Å². The Morgan fingerprint density at radius 1 is 0.188 bits per heavy atom. The van der Waals surface area contributed by atoms with Crippen LogP contribution >= 0.6 is 11.8 Å². The fraction of sp³-hybridized carbons (Fsp3) is 0.419. The van der Waals surface area contributed by atoms with E-state index in [9.17, 15) is 0 Å². The molecule has 0 fully saturated rings. The zero-order chi connectivity index (χ0) is 110. The normalized spacial score (nSPS) is 7.83. The third-order valence-corrected chi connectivity index (χ3v) is 15.4. The van der Waals surface area contributed by atoms with E-state index in [1.165, 1.54) is 37.6 Å². The maximum absolute atomic E-state index is 8.99. The van der Waals surface area contributed by atoms with Gasteiger partial charge in [-0.25, -0.2) is 0 Å². The summed E-state index contributed by atoms with van der Waals surface area (Å²) in [7, 11) is 16.5. The third kappa shape index (κ3) is 87.6. The highest BCUT2D eigenvalue weighted by molar-refractivity contribution is 7.98. The van der Waals surface area contributed by atoms with Gasteiger partial charge in [0.15, 0.2) is 11.5 Å². The molecule has 0 spiro atoms. The summed E-state index contributed by atoms with van der Waals surface area (Å²) in [5, 5.41) is 33.5. The topological polar surface area (TPSA) is 153 Å². The Hall–Kier alpha value is -11.1. The molecular formula is C124H206O13S. The van der Waals surface area contributed by atoms with Crippen molar-refractivity contribution in [2.75, 3.05) is 77.4 Å². The molecule has 0 heterocycles. The number of fused-ring (bicyclic) bond motifs is 3. The van der Waals surface area contributed by atoms with E-state index in [1.807, 2.05) is 505 Å². The molecule has 0 aliphatic heterocycles. The second-order valence-corrected chi connectivity index (χ2v) is 22.4. The molecule has 0 saturated heterocycles. The number of methoxy groups -OCH3 is 10. The lowest BCUT2D eigenvalue weighted by Gasteiger charge is -2.04. The predicted octanol–water partition coefficient (Wildman–Crippen LogP) is 38.7. The molecule has 0 aliphatic carbocycles. The fourth-order valence-electron chi connectivity index (χ4n) is 9.03. The molecule has 0 unspecified atom stereocenters. The quantitative estimate of drug-likeness (QED) is 0.0885. The van der Waals surface area contributed by atoms with Gasteiger partial charge in [-0.3, -0.25) is 0 Å². The molecule has 0 aromatic heterocycles. The van der Waals surface area contributed by atoms with E-state index in [2.05, 4.69) is 61.7 Å². The van der Waals surface area contributed by atoms with E-state index in [1.54, 1.807) is 88.9 Å². The first kappa shape index (κ1) is 161. The van der Waals surface area contributed by atoms with Crippen LogP contribution in [-0.2, 0) is 19.8 Å². The van der Waals surface area contributed by atoms with Crippen LogP contribution in [0.5, 0.6) is 57.5 Å². The minimum absolute atomic E-state index is 0.0667. The molecule has 138 heavy (non-hydrogen) atoms. The molecule has 13 aromatic carbocycles. The number of aliphatic hydroxyl groups excluding tert-OH is 3. The Bertz CT molecular complexity index is 4180. The van der Waals surface area contributed by atoms with Gasteiger partial charge in [0, 0.05) is 10.3 Å². The number of hydrogen-bond donors (Lipinski definition) is 3. The fourth-order valence-corrected chi connectivity index (χ4v) is 9.46. The predicted molar refractivity (Wildman–Crippen MR) is 626 cm³/mol. The monoisotopic (exact) mass is 1940 g/mol. The van der Waals surface area contributed by atoms with Crippen molar-refractivity contribution in [2.24, 2.45) is 0 Å². The van der Waals surface area contributed by atoms with Gasteiger partial charge in [0.05, 0.1) is 90.9 Å². The van der Waals surface area contributed by atoms with Gasteiger partial charge < -0.3 is 62.7 Å². The molecule has 0 radical (unpaired) electrons. The second-order valence-electron chi connectivity index (χ2n) is 21.5. The Morgan fingerprint density at radius 2 is 0.449 bits per heavy atom. The van der Waals surface area contributed by atoms with E-state index < -0.39 is 0 Å². The molecule has 14 heteroatoms. The summed E-state index contributed by atoms with van der Waals surface area (Å²) in [4.78, 5) is 1.33. The van der Waals surface area contributed by atoms with Crippen LogP contribution < -0.4 is 47.4 Å². The molecule has 13 nitrogen and oxygen atoms in total. The molecule has 0 bridgehead atoms. The molecule has 3 N–H and O–H groups in total. The largest absolute Gasteiger partial charge is 0.497 e. The third-order valence-electron chi connectivity index (χ3n) is 14.7. The summed E-state index contributed by atoms with van der Waals surface area (Å²) >= 11 is 1.77. The molecule has 0 saturated carbocycles. The first-order valence-electron chi connectivity index (χ1n) is 50.5.